The molecular weight excluding hydrogens is 334 g/mol. The number of hydrogen-bond donors (Lipinski definition) is 0. The van der Waals surface area contributed by atoms with Crippen LogP contribution in [0.2, 0.25) is 0 Å². The van der Waals surface area contributed by atoms with Crippen LogP contribution in [0.1, 0.15) is 37.7 Å². The fourth-order valence-electron chi connectivity index (χ4n) is 4.42. The predicted molar refractivity (Wildman–Crippen MR) is 96.3 cm³/mol. The van der Waals surface area contributed by atoms with Crippen molar-refractivity contribution >= 4 is 11.9 Å². The summed E-state index contributed by atoms with van der Waals surface area (Å²) in [6.07, 6.45) is 5.22. The smallest absolute Gasteiger partial charge is 0.328 e. The molecule has 0 radical (unpaired) electrons. The van der Waals surface area contributed by atoms with Gasteiger partial charge in [0.25, 0.3) is 0 Å². The zero-order valence-electron chi connectivity index (χ0n) is 15.7. The normalized spacial score (nSPS) is 24.7. The molecule has 1 aromatic carbocycles. The number of carbonyl (C=O) groups excluding carboxylic acids is 2. The number of esters is 1. The lowest BCUT2D eigenvalue weighted by Crippen LogP contribution is -2.47. The van der Waals surface area contributed by atoms with Crippen molar-refractivity contribution in [3.8, 4) is 11.5 Å². The van der Waals surface area contributed by atoms with Crippen LogP contribution in [0.4, 0.5) is 0 Å². The van der Waals surface area contributed by atoms with Crippen LogP contribution in [0.25, 0.3) is 0 Å². The molecule has 1 heterocycles. The van der Waals surface area contributed by atoms with Gasteiger partial charge in [0.15, 0.2) is 0 Å². The molecule has 26 heavy (non-hydrogen) atoms. The van der Waals surface area contributed by atoms with Gasteiger partial charge in [-0.1, -0.05) is 18.9 Å². The molecule has 1 saturated carbocycles. The Morgan fingerprint density at radius 3 is 2.58 bits per heavy atom. The highest BCUT2D eigenvalue weighted by molar-refractivity contribution is 5.87. The number of rotatable bonds is 5. The number of likely N-dealkylation sites (tertiary alicyclic amines) is 1. The average molecular weight is 361 g/mol. The Hall–Kier alpha value is -2.24. The maximum absolute atomic E-state index is 13.2. The number of benzene rings is 1. The Bertz CT molecular complexity index is 674. The molecule has 0 bridgehead atoms. The number of methoxy groups -OCH3 is 3. The second kappa shape index (κ2) is 7.98. The molecule has 0 N–H and O–H groups in total. The highest BCUT2D eigenvalue weighted by Gasteiger charge is 2.47. The van der Waals surface area contributed by atoms with Crippen molar-refractivity contribution in [3.05, 3.63) is 23.8 Å². The molecule has 142 valence electrons. The molecule has 3 atom stereocenters. The number of hydrogen-bond acceptors (Lipinski definition) is 5. The largest absolute Gasteiger partial charge is 0.497 e. The first kappa shape index (κ1) is 18.5. The number of ether oxygens (including phenoxy) is 3. The van der Waals surface area contributed by atoms with Gasteiger partial charge in [0.2, 0.25) is 5.91 Å². The molecule has 0 aromatic heterocycles. The van der Waals surface area contributed by atoms with Crippen molar-refractivity contribution in [3.63, 3.8) is 0 Å². The third-order valence-electron chi connectivity index (χ3n) is 5.69. The molecule has 1 saturated heterocycles. The summed E-state index contributed by atoms with van der Waals surface area (Å²) in [7, 11) is 4.56. The second-order valence-electron chi connectivity index (χ2n) is 7.04. The first-order chi connectivity index (χ1) is 12.6. The minimum atomic E-state index is -0.468. The van der Waals surface area contributed by atoms with Gasteiger partial charge < -0.3 is 19.1 Å². The van der Waals surface area contributed by atoms with E-state index in [1.807, 2.05) is 12.1 Å². The maximum Gasteiger partial charge on any atom is 0.328 e. The highest BCUT2D eigenvalue weighted by Crippen LogP contribution is 2.40. The summed E-state index contributed by atoms with van der Waals surface area (Å²) in [6, 6.07) is 5.11. The van der Waals surface area contributed by atoms with Crippen LogP contribution >= 0.6 is 0 Å². The number of nitrogens with zero attached hydrogens (tertiary/aromatic N) is 1. The zero-order chi connectivity index (χ0) is 18.7. The molecule has 2 fully saturated rings. The van der Waals surface area contributed by atoms with Crippen LogP contribution in [0, 0.1) is 5.92 Å². The zero-order valence-corrected chi connectivity index (χ0v) is 15.7. The Morgan fingerprint density at radius 1 is 1.12 bits per heavy atom. The summed E-state index contributed by atoms with van der Waals surface area (Å²) >= 11 is 0. The standard InChI is InChI=1S/C20H27NO5/c1-24-15-9-8-14(18(12-15)25-2)11-19(22)21-16-7-5-4-6-13(16)10-17(21)20(23)26-3/h8-9,12-13,16-17H,4-7,10-11H2,1-3H3. The molecule has 2 aliphatic rings. The Labute approximate surface area is 154 Å². The number of fused-ring (bicyclic) bond motifs is 1. The van der Waals surface area contributed by atoms with E-state index in [2.05, 4.69) is 0 Å². The van der Waals surface area contributed by atoms with Crippen LogP contribution in [0.3, 0.4) is 0 Å². The summed E-state index contributed by atoms with van der Waals surface area (Å²) in [6.45, 7) is 0. The van der Waals surface area contributed by atoms with Crippen molar-refractivity contribution in [2.24, 2.45) is 5.92 Å². The Kier molecular flexibility index (Phi) is 5.69. The molecule has 1 aliphatic carbocycles. The van der Waals surface area contributed by atoms with Gasteiger partial charge in [-0.2, -0.15) is 0 Å². The SMILES string of the molecule is COC(=O)C1CC2CCCCC2N1C(=O)Cc1ccc(OC)cc1OC. The van der Waals surface area contributed by atoms with Crippen molar-refractivity contribution in [1.29, 1.82) is 0 Å². The Balaban J connectivity index is 1.83. The average Bonchev–Trinajstić information content (AvgIpc) is 3.07. The van der Waals surface area contributed by atoms with Gasteiger partial charge >= 0.3 is 5.97 Å². The van der Waals surface area contributed by atoms with Crippen LogP contribution in [0.5, 0.6) is 11.5 Å². The van der Waals surface area contributed by atoms with Crippen LogP contribution in [0.15, 0.2) is 18.2 Å². The van der Waals surface area contributed by atoms with E-state index >= 15 is 0 Å². The van der Waals surface area contributed by atoms with E-state index in [1.165, 1.54) is 13.5 Å². The first-order valence-electron chi connectivity index (χ1n) is 9.19. The van der Waals surface area contributed by atoms with Gasteiger partial charge in [-0.3, -0.25) is 4.79 Å². The lowest BCUT2D eigenvalue weighted by molar-refractivity contribution is -0.152. The van der Waals surface area contributed by atoms with Gasteiger partial charge in [-0.05, 0) is 31.2 Å². The van der Waals surface area contributed by atoms with Crippen molar-refractivity contribution in [2.45, 2.75) is 50.6 Å². The first-order valence-corrected chi connectivity index (χ1v) is 9.19. The van der Waals surface area contributed by atoms with E-state index in [9.17, 15) is 9.59 Å². The van der Waals surface area contributed by atoms with Crippen molar-refractivity contribution < 1.29 is 23.8 Å². The minimum absolute atomic E-state index is 0.0433. The molecule has 0 spiro atoms. The van der Waals surface area contributed by atoms with Crippen molar-refractivity contribution in [2.75, 3.05) is 21.3 Å². The molecule has 1 amide bonds. The summed E-state index contributed by atoms with van der Waals surface area (Å²) < 4.78 is 15.6. The molecule has 3 unspecified atom stereocenters. The van der Waals surface area contributed by atoms with Gasteiger partial charge in [0.1, 0.15) is 17.5 Å². The molecular formula is C20H27NO5. The van der Waals surface area contributed by atoms with Gasteiger partial charge in [-0.25, -0.2) is 4.79 Å². The summed E-state index contributed by atoms with van der Waals surface area (Å²) in [5.41, 5.74) is 0.793. The van der Waals surface area contributed by atoms with Gasteiger partial charge in [-0.15, -0.1) is 0 Å². The molecule has 3 rings (SSSR count). The lowest BCUT2D eigenvalue weighted by atomic mass is 9.84. The summed E-state index contributed by atoms with van der Waals surface area (Å²) in [4.78, 5) is 27.2. The van der Waals surface area contributed by atoms with Gasteiger partial charge in [0, 0.05) is 17.7 Å². The van der Waals surface area contributed by atoms with E-state index in [-0.39, 0.29) is 24.3 Å². The highest BCUT2D eigenvalue weighted by atomic mass is 16.5. The third-order valence-corrected chi connectivity index (χ3v) is 5.69. The van der Waals surface area contributed by atoms with E-state index < -0.39 is 6.04 Å². The lowest BCUT2D eigenvalue weighted by Gasteiger charge is -2.33. The molecule has 6 heteroatoms. The van der Waals surface area contributed by atoms with E-state index in [4.69, 9.17) is 14.2 Å². The molecule has 1 aliphatic heterocycles. The van der Waals surface area contributed by atoms with Crippen molar-refractivity contribution in [1.82, 2.24) is 4.90 Å². The summed E-state index contributed by atoms with van der Waals surface area (Å²) in [5.74, 6) is 1.34. The monoisotopic (exact) mass is 361 g/mol. The molecule has 1 aromatic rings. The van der Waals surface area contributed by atoms with Crippen LogP contribution in [-0.2, 0) is 20.7 Å². The van der Waals surface area contributed by atoms with E-state index in [1.54, 1.807) is 25.2 Å². The third kappa shape index (κ3) is 3.50. The van der Waals surface area contributed by atoms with E-state index in [0.717, 1.165) is 24.8 Å². The fourth-order valence-corrected chi connectivity index (χ4v) is 4.42. The van der Waals surface area contributed by atoms with Crippen LogP contribution in [-0.4, -0.2) is 50.2 Å². The summed E-state index contributed by atoms with van der Waals surface area (Å²) in [5, 5.41) is 0. The minimum Gasteiger partial charge on any atom is -0.497 e. The predicted octanol–water partition coefficient (Wildman–Crippen LogP) is 2.58. The fraction of sp³-hybridized carbons (Fsp3) is 0.600. The number of carbonyl (C=O) groups is 2. The second-order valence-corrected chi connectivity index (χ2v) is 7.04. The quantitative estimate of drug-likeness (QED) is 0.754. The molecule has 6 nitrogen and oxygen atoms in total. The number of amides is 1. The van der Waals surface area contributed by atoms with Gasteiger partial charge in [0.05, 0.1) is 27.8 Å². The maximum atomic E-state index is 13.2. The van der Waals surface area contributed by atoms with Crippen LogP contribution < -0.4 is 9.47 Å². The van der Waals surface area contributed by atoms with E-state index in [0.29, 0.717) is 23.8 Å². The Morgan fingerprint density at radius 2 is 1.88 bits per heavy atom. The topological polar surface area (TPSA) is 65.1 Å².